The molecule has 0 aromatic carbocycles. The van der Waals surface area contributed by atoms with E-state index < -0.39 is 5.91 Å². The summed E-state index contributed by atoms with van der Waals surface area (Å²) in [7, 11) is 1.60. The summed E-state index contributed by atoms with van der Waals surface area (Å²) in [5, 5.41) is 2.58. The fourth-order valence-corrected chi connectivity index (χ4v) is 1.70. The maximum absolute atomic E-state index is 11.4. The Labute approximate surface area is 112 Å². The highest BCUT2D eigenvalue weighted by molar-refractivity contribution is 5.93. The third-order valence-electron chi connectivity index (χ3n) is 2.61. The number of furan rings is 1. The SMILES string of the molecule is CCCN(CC(=O)NC)Cc1cc(C(=O)NN)co1. The molecule has 19 heavy (non-hydrogen) atoms. The van der Waals surface area contributed by atoms with Gasteiger partial charge in [0.05, 0.1) is 18.7 Å². The third kappa shape index (κ3) is 4.72. The fraction of sp³-hybridized carbons (Fsp3) is 0.500. The molecule has 0 aliphatic rings. The van der Waals surface area contributed by atoms with Crippen molar-refractivity contribution in [1.82, 2.24) is 15.6 Å². The topological polar surface area (TPSA) is 101 Å². The van der Waals surface area contributed by atoms with Gasteiger partial charge in [-0.3, -0.25) is 19.9 Å². The molecule has 0 unspecified atom stereocenters. The van der Waals surface area contributed by atoms with Crippen LogP contribution in [0, 0.1) is 0 Å². The summed E-state index contributed by atoms with van der Waals surface area (Å²) in [6.45, 7) is 3.57. The van der Waals surface area contributed by atoms with E-state index in [2.05, 4.69) is 5.32 Å². The van der Waals surface area contributed by atoms with E-state index >= 15 is 0 Å². The first kappa shape index (κ1) is 15.2. The van der Waals surface area contributed by atoms with Crippen LogP contribution in [0.2, 0.25) is 0 Å². The second-order valence-electron chi connectivity index (χ2n) is 4.16. The number of hydrazine groups is 1. The van der Waals surface area contributed by atoms with Gasteiger partial charge in [-0.2, -0.15) is 0 Å². The van der Waals surface area contributed by atoms with Crippen molar-refractivity contribution in [3.8, 4) is 0 Å². The highest BCUT2D eigenvalue weighted by Gasteiger charge is 2.14. The van der Waals surface area contributed by atoms with Gasteiger partial charge in [-0.15, -0.1) is 0 Å². The zero-order valence-corrected chi connectivity index (χ0v) is 11.2. The van der Waals surface area contributed by atoms with Gasteiger partial charge >= 0.3 is 0 Å². The van der Waals surface area contributed by atoms with Crippen molar-refractivity contribution >= 4 is 11.8 Å². The minimum absolute atomic E-state index is 0.0556. The van der Waals surface area contributed by atoms with Crippen molar-refractivity contribution in [1.29, 1.82) is 0 Å². The fourth-order valence-electron chi connectivity index (χ4n) is 1.70. The van der Waals surface area contributed by atoms with Crippen LogP contribution in [0.15, 0.2) is 16.7 Å². The average Bonchev–Trinajstić information content (AvgIpc) is 2.86. The Hall–Kier alpha value is -1.86. The molecule has 1 rings (SSSR count). The van der Waals surface area contributed by atoms with Crippen molar-refractivity contribution in [3.63, 3.8) is 0 Å². The first-order chi connectivity index (χ1) is 9.10. The molecule has 1 aromatic rings. The molecule has 0 saturated heterocycles. The Morgan fingerprint density at radius 1 is 1.47 bits per heavy atom. The van der Waals surface area contributed by atoms with Gasteiger partial charge in [0.15, 0.2) is 0 Å². The first-order valence-electron chi connectivity index (χ1n) is 6.12. The van der Waals surface area contributed by atoms with Crippen molar-refractivity contribution in [2.45, 2.75) is 19.9 Å². The average molecular weight is 268 g/mol. The predicted molar refractivity (Wildman–Crippen MR) is 70.0 cm³/mol. The van der Waals surface area contributed by atoms with Gasteiger partial charge in [0.2, 0.25) is 5.91 Å². The molecular weight excluding hydrogens is 248 g/mol. The number of carbonyl (C=O) groups is 2. The molecule has 0 fully saturated rings. The maximum Gasteiger partial charge on any atom is 0.268 e. The monoisotopic (exact) mass is 268 g/mol. The van der Waals surface area contributed by atoms with Gasteiger partial charge in [-0.25, -0.2) is 5.84 Å². The highest BCUT2D eigenvalue weighted by Crippen LogP contribution is 2.10. The zero-order valence-electron chi connectivity index (χ0n) is 11.2. The molecular formula is C12H20N4O3. The van der Waals surface area contributed by atoms with Crippen LogP contribution < -0.4 is 16.6 Å². The van der Waals surface area contributed by atoms with Crippen LogP contribution in [0.3, 0.4) is 0 Å². The van der Waals surface area contributed by atoms with Crippen molar-refractivity contribution in [2.75, 3.05) is 20.1 Å². The van der Waals surface area contributed by atoms with Crippen molar-refractivity contribution in [2.24, 2.45) is 5.84 Å². The van der Waals surface area contributed by atoms with Crippen LogP contribution in [0.1, 0.15) is 29.5 Å². The van der Waals surface area contributed by atoms with E-state index in [1.54, 1.807) is 13.1 Å². The molecule has 0 aliphatic carbocycles. The normalized spacial score (nSPS) is 10.5. The quantitative estimate of drug-likeness (QED) is 0.362. The number of nitrogens with zero attached hydrogens (tertiary/aromatic N) is 1. The molecule has 1 heterocycles. The Kier molecular flexibility index (Phi) is 6.04. The van der Waals surface area contributed by atoms with Gasteiger partial charge < -0.3 is 9.73 Å². The lowest BCUT2D eigenvalue weighted by molar-refractivity contribution is -0.121. The van der Waals surface area contributed by atoms with Gasteiger partial charge in [0, 0.05) is 7.05 Å². The Morgan fingerprint density at radius 2 is 2.21 bits per heavy atom. The molecule has 0 atom stereocenters. The van der Waals surface area contributed by atoms with Crippen LogP contribution >= 0.6 is 0 Å². The summed E-state index contributed by atoms with van der Waals surface area (Å²) in [6.07, 6.45) is 2.27. The van der Waals surface area contributed by atoms with Crippen LogP contribution in [0.5, 0.6) is 0 Å². The molecule has 7 nitrogen and oxygen atoms in total. The largest absolute Gasteiger partial charge is 0.467 e. The summed E-state index contributed by atoms with van der Waals surface area (Å²) in [4.78, 5) is 24.6. The van der Waals surface area contributed by atoms with E-state index in [-0.39, 0.29) is 5.91 Å². The minimum Gasteiger partial charge on any atom is -0.467 e. The van der Waals surface area contributed by atoms with Crippen LogP contribution in [-0.2, 0) is 11.3 Å². The van der Waals surface area contributed by atoms with Crippen LogP contribution in [0.4, 0.5) is 0 Å². The van der Waals surface area contributed by atoms with E-state index in [4.69, 9.17) is 10.3 Å². The maximum atomic E-state index is 11.4. The molecule has 106 valence electrons. The molecule has 0 radical (unpaired) electrons. The van der Waals surface area contributed by atoms with Gasteiger partial charge in [0.25, 0.3) is 5.91 Å². The van der Waals surface area contributed by atoms with E-state index in [0.717, 1.165) is 13.0 Å². The minimum atomic E-state index is -0.400. The number of hydrogen-bond donors (Lipinski definition) is 3. The number of amides is 2. The number of hydrogen-bond acceptors (Lipinski definition) is 5. The summed E-state index contributed by atoms with van der Waals surface area (Å²) in [5.41, 5.74) is 2.41. The molecule has 4 N–H and O–H groups in total. The molecule has 0 bridgehead atoms. The zero-order chi connectivity index (χ0) is 14.3. The number of likely N-dealkylation sites (N-methyl/N-ethyl adjacent to an activating group) is 1. The van der Waals surface area contributed by atoms with E-state index in [9.17, 15) is 9.59 Å². The predicted octanol–water partition coefficient (Wildman–Crippen LogP) is -0.159. The smallest absolute Gasteiger partial charge is 0.268 e. The number of nitrogens with two attached hydrogens (primary N) is 1. The van der Waals surface area contributed by atoms with Gasteiger partial charge in [-0.1, -0.05) is 6.92 Å². The lowest BCUT2D eigenvalue weighted by atomic mass is 10.3. The molecule has 0 saturated carbocycles. The van der Waals surface area contributed by atoms with Gasteiger partial charge in [-0.05, 0) is 19.0 Å². The summed E-state index contributed by atoms with van der Waals surface area (Å²) in [5.74, 6) is 5.21. The summed E-state index contributed by atoms with van der Waals surface area (Å²) >= 11 is 0. The Bertz CT molecular complexity index is 430. The second kappa shape index (κ2) is 7.55. The molecule has 2 amide bonds. The standard InChI is InChI=1S/C12H20N4O3/c1-3-4-16(7-11(17)14-2)6-10-5-9(8-19-10)12(18)15-13/h5,8H,3-4,6-7,13H2,1-2H3,(H,14,17)(H,15,18). The summed E-state index contributed by atoms with van der Waals surface area (Å²) in [6, 6.07) is 1.62. The van der Waals surface area contributed by atoms with E-state index in [0.29, 0.717) is 24.4 Å². The number of carbonyl (C=O) groups excluding carboxylic acids is 2. The number of nitrogen functional groups attached to an aromatic ring is 1. The molecule has 7 heteroatoms. The number of rotatable bonds is 7. The highest BCUT2D eigenvalue weighted by atomic mass is 16.3. The summed E-state index contributed by atoms with van der Waals surface area (Å²) < 4.78 is 5.29. The molecule has 0 spiro atoms. The van der Waals surface area contributed by atoms with Gasteiger partial charge in [0.1, 0.15) is 12.0 Å². The van der Waals surface area contributed by atoms with E-state index in [1.807, 2.05) is 17.2 Å². The first-order valence-corrected chi connectivity index (χ1v) is 6.12. The molecule has 1 aromatic heterocycles. The van der Waals surface area contributed by atoms with E-state index in [1.165, 1.54) is 6.26 Å². The van der Waals surface area contributed by atoms with Crippen molar-refractivity contribution in [3.05, 3.63) is 23.7 Å². The lowest BCUT2D eigenvalue weighted by Crippen LogP contribution is -2.35. The van der Waals surface area contributed by atoms with Crippen molar-refractivity contribution < 1.29 is 14.0 Å². The third-order valence-corrected chi connectivity index (χ3v) is 2.61. The molecule has 0 aliphatic heterocycles. The lowest BCUT2D eigenvalue weighted by Gasteiger charge is -2.19. The number of nitrogens with one attached hydrogen (secondary N) is 2. The Morgan fingerprint density at radius 3 is 2.79 bits per heavy atom. The second-order valence-corrected chi connectivity index (χ2v) is 4.16. The van der Waals surface area contributed by atoms with Crippen LogP contribution in [0.25, 0.3) is 0 Å². The Balaban J connectivity index is 2.65. The van der Waals surface area contributed by atoms with Crippen LogP contribution in [-0.4, -0.2) is 36.9 Å².